The molecule has 2 heterocycles. The van der Waals surface area contributed by atoms with Crippen molar-refractivity contribution in [3.8, 4) is 0 Å². The topological polar surface area (TPSA) is 59.1 Å². The highest BCUT2D eigenvalue weighted by molar-refractivity contribution is 9.10. The van der Waals surface area contributed by atoms with Crippen LogP contribution in [0.15, 0.2) is 50.6 Å². The van der Waals surface area contributed by atoms with E-state index in [9.17, 15) is 8.42 Å². The van der Waals surface area contributed by atoms with Crippen LogP contribution >= 0.6 is 38.9 Å². The Labute approximate surface area is 139 Å². The molecule has 4 nitrogen and oxygen atoms in total. The van der Waals surface area contributed by atoms with E-state index in [1.54, 1.807) is 35.8 Å². The summed E-state index contributed by atoms with van der Waals surface area (Å²) < 4.78 is 28.2. The van der Waals surface area contributed by atoms with Crippen LogP contribution in [-0.2, 0) is 10.0 Å². The molecule has 0 unspecified atom stereocenters. The van der Waals surface area contributed by atoms with Crippen molar-refractivity contribution >= 4 is 65.5 Å². The molecule has 0 fully saturated rings. The van der Waals surface area contributed by atoms with Crippen LogP contribution in [0.25, 0.3) is 10.9 Å². The first-order valence-corrected chi connectivity index (χ1v) is 9.31. The summed E-state index contributed by atoms with van der Waals surface area (Å²) in [6.07, 6.45) is 1.61. The fourth-order valence-electron chi connectivity index (χ4n) is 1.90. The first-order valence-electron chi connectivity index (χ1n) is 5.77. The number of sulfonamides is 1. The van der Waals surface area contributed by atoms with Crippen molar-refractivity contribution in [2.24, 2.45) is 0 Å². The van der Waals surface area contributed by atoms with E-state index >= 15 is 0 Å². The molecule has 3 rings (SSSR count). The van der Waals surface area contributed by atoms with Gasteiger partial charge in [0.05, 0.1) is 11.2 Å². The minimum absolute atomic E-state index is 0.214. The summed E-state index contributed by atoms with van der Waals surface area (Å²) in [5.41, 5.74) is 0.913. The summed E-state index contributed by atoms with van der Waals surface area (Å²) in [6.45, 7) is 0. The molecule has 0 atom stereocenters. The lowest BCUT2D eigenvalue weighted by atomic mass is 10.2. The average molecular weight is 404 g/mol. The van der Waals surface area contributed by atoms with E-state index < -0.39 is 10.0 Å². The number of nitrogens with one attached hydrogen (secondary N) is 1. The summed E-state index contributed by atoms with van der Waals surface area (Å²) in [7, 11) is -3.69. The van der Waals surface area contributed by atoms with Gasteiger partial charge in [-0.3, -0.25) is 9.71 Å². The van der Waals surface area contributed by atoms with Crippen molar-refractivity contribution in [2.45, 2.75) is 4.21 Å². The van der Waals surface area contributed by atoms with Crippen LogP contribution in [0.4, 0.5) is 5.69 Å². The number of hydrogen-bond acceptors (Lipinski definition) is 4. The second-order valence-electron chi connectivity index (χ2n) is 4.19. The van der Waals surface area contributed by atoms with E-state index in [1.807, 2.05) is 6.07 Å². The molecule has 21 heavy (non-hydrogen) atoms. The van der Waals surface area contributed by atoms with E-state index in [1.165, 1.54) is 0 Å². The van der Waals surface area contributed by atoms with Crippen LogP contribution in [0.5, 0.6) is 0 Å². The zero-order valence-corrected chi connectivity index (χ0v) is 14.4. The Morgan fingerprint density at radius 1 is 1.29 bits per heavy atom. The van der Waals surface area contributed by atoms with Crippen molar-refractivity contribution < 1.29 is 8.42 Å². The molecule has 0 amide bonds. The summed E-state index contributed by atoms with van der Waals surface area (Å²) in [4.78, 5) is 4.22. The van der Waals surface area contributed by atoms with Crippen LogP contribution in [0.1, 0.15) is 0 Å². The SMILES string of the molecule is O=S(=O)(Nc1cc(Cl)cc2cccnc12)c1sccc1Br. The van der Waals surface area contributed by atoms with Crippen molar-refractivity contribution in [3.05, 3.63) is 51.4 Å². The minimum Gasteiger partial charge on any atom is -0.277 e. The number of rotatable bonds is 3. The summed E-state index contributed by atoms with van der Waals surface area (Å²) in [5.74, 6) is 0. The summed E-state index contributed by atoms with van der Waals surface area (Å²) >= 11 is 10.4. The molecule has 108 valence electrons. The quantitative estimate of drug-likeness (QED) is 0.700. The van der Waals surface area contributed by atoms with Gasteiger partial charge in [0.15, 0.2) is 4.21 Å². The molecule has 0 aliphatic carbocycles. The summed E-state index contributed by atoms with van der Waals surface area (Å²) in [5, 5.41) is 2.92. The highest BCUT2D eigenvalue weighted by Gasteiger charge is 2.20. The van der Waals surface area contributed by atoms with Crippen molar-refractivity contribution in [2.75, 3.05) is 4.72 Å². The fourth-order valence-corrected chi connectivity index (χ4v) is 5.52. The van der Waals surface area contributed by atoms with E-state index in [2.05, 4.69) is 25.6 Å². The van der Waals surface area contributed by atoms with Gasteiger partial charge < -0.3 is 0 Å². The number of fused-ring (bicyclic) bond motifs is 1. The number of thiophene rings is 1. The molecule has 8 heteroatoms. The van der Waals surface area contributed by atoms with E-state index in [-0.39, 0.29) is 4.21 Å². The molecule has 1 aromatic carbocycles. The first-order chi connectivity index (χ1) is 9.97. The highest BCUT2D eigenvalue weighted by atomic mass is 79.9. The van der Waals surface area contributed by atoms with Gasteiger partial charge in [-0.25, -0.2) is 8.42 Å². The standard InChI is InChI=1S/C13H8BrClN2O2S2/c14-10-3-5-20-13(10)21(18,19)17-11-7-9(15)6-8-2-1-4-16-12(8)11/h1-7,17H. The first kappa shape index (κ1) is 14.8. The maximum atomic E-state index is 12.4. The van der Waals surface area contributed by atoms with Crippen LogP contribution in [-0.4, -0.2) is 13.4 Å². The zero-order chi connectivity index (χ0) is 15.0. The second-order valence-corrected chi connectivity index (χ2v) is 8.27. The lowest BCUT2D eigenvalue weighted by molar-refractivity contribution is 0.603. The third kappa shape index (κ3) is 2.91. The number of nitrogens with zero attached hydrogens (tertiary/aromatic N) is 1. The van der Waals surface area contributed by atoms with Gasteiger partial charge in [0, 0.05) is 21.1 Å². The van der Waals surface area contributed by atoms with Crippen LogP contribution < -0.4 is 4.72 Å². The zero-order valence-electron chi connectivity index (χ0n) is 10.4. The third-order valence-corrected chi connectivity index (χ3v) is 7.00. The number of pyridine rings is 1. The molecule has 3 aromatic rings. The maximum absolute atomic E-state index is 12.4. The predicted octanol–water partition coefficient (Wildman–Crippen LogP) is 4.51. The molecule has 1 N–H and O–H groups in total. The number of aromatic nitrogens is 1. The Hall–Kier alpha value is -1.15. The lowest BCUT2D eigenvalue weighted by Gasteiger charge is -2.10. The van der Waals surface area contributed by atoms with Gasteiger partial charge in [-0.15, -0.1) is 11.3 Å². The van der Waals surface area contributed by atoms with Crippen LogP contribution in [0, 0.1) is 0 Å². The van der Waals surface area contributed by atoms with Crippen LogP contribution in [0.3, 0.4) is 0 Å². The average Bonchev–Trinajstić information content (AvgIpc) is 2.85. The van der Waals surface area contributed by atoms with Crippen LogP contribution in [0.2, 0.25) is 5.02 Å². The normalized spacial score (nSPS) is 11.7. The van der Waals surface area contributed by atoms with Crippen molar-refractivity contribution in [1.82, 2.24) is 4.98 Å². The monoisotopic (exact) mass is 402 g/mol. The van der Waals surface area contributed by atoms with Gasteiger partial charge in [-0.2, -0.15) is 0 Å². The molecular weight excluding hydrogens is 396 g/mol. The Kier molecular flexibility index (Phi) is 3.92. The molecule has 0 aliphatic rings. The number of benzene rings is 1. The van der Waals surface area contributed by atoms with Gasteiger partial charge in [-0.05, 0) is 45.6 Å². The lowest BCUT2D eigenvalue weighted by Crippen LogP contribution is -2.12. The van der Waals surface area contributed by atoms with Gasteiger partial charge in [-0.1, -0.05) is 17.7 Å². The third-order valence-electron chi connectivity index (χ3n) is 2.74. The Morgan fingerprint density at radius 3 is 2.81 bits per heavy atom. The van der Waals surface area contributed by atoms with E-state index in [0.717, 1.165) is 16.7 Å². The maximum Gasteiger partial charge on any atom is 0.272 e. The largest absolute Gasteiger partial charge is 0.277 e. The van der Waals surface area contributed by atoms with Gasteiger partial charge >= 0.3 is 0 Å². The molecular formula is C13H8BrClN2O2S2. The fraction of sp³-hybridized carbons (Fsp3) is 0. The molecule has 0 saturated carbocycles. The molecule has 2 aromatic heterocycles. The van der Waals surface area contributed by atoms with Crippen molar-refractivity contribution in [3.63, 3.8) is 0 Å². The minimum atomic E-state index is -3.69. The summed E-state index contributed by atoms with van der Waals surface area (Å²) in [6, 6.07) is 8.58. The molecule has 0 bridgehead atoms. The van der Waals surface area contributed by atoms with E-state index in [0.29, 0.717) is 20.7 Å². The molecule has 0 aliphatic heterocycles. The van der Waals surface area contributed by atoms with E-state index in [4.69, 9.17) is 11.6 Å². The number of hydrogen-bond donors (Lipinski definition) is 1. The van der Waals surface area contributed by atoms with Gasteiger partial charge in [0.25, 0.3) is 10.0 Å². The number of halogens is 2. The van der Waals surface area contributed by atoms with Gasteiger partial charge in [0.1, 0.15) is 0 Å². The smallest absolute Gasteiger partial charge is 0.272 e. The molecule has 0 spiro atoms. The Bertz CT molecular complexity index is 925. The Balaban J connectivity index is 2.12. The second kappa shape index (κ2) is 5.57. The van der Waals surface area contributed by atoms with Gasteiger partial charge in [0.2, 0.25) is 0 Å². The number of anilines is 1. The molecule has 0 saturated heterocycles. The predicted molar refractivity (Wildman–Crippen MR) is 89.6 cm³/mol. The highest BCUT2D eigenvalue weighted by Crippen LogP contribution is 2.32. The Morgan fingerprint density at radius 2 is 2.10 bits per heavy atom. The van der Waals surface area contributed by atoms with Crippen molar-refractivity contribution in [1.29, 1.82) is 0 Å². The molecule has 0 radical (unpaired) electrons.